The Morgan fingerprint density at radius 3 is 3.05 bits per heavy atom. The van der Waals surface area contributed by atoms with Crippen molar-refractivity contribution in [1.29, 1.82) is 0 Å². The van der Waals surface area contributed by atoms with Gasteiger partial charge in [-0.15, -0.1) is 0 Å². The summed E-state index contributed by atoms with van der Waals surface area (Å²) in [5.74, 6) is 0.383. The number of hydrogen-bond donors (Lipinski definition) is 2. The molecule has 1 amide bonds. The van der Waals surface area contributed by atoms with Crippen molar-refractivity contribution in [3.63, 3.8) is 0 Å². The molecule has 110 valence electrons. The van der Waals surface area contributed by atoms with E-state index in [2.05, 4.69) is 29.1 Å². The second kappa shape index (κ2) is 6.65. The first kappa shape index (κ1) is 14.7. The lowest BCUT2D eigenvalue weighted by Gasteiger charge is -2.33. The van der Waals surface area contributed by atoms with Gasteiger partial charge in [-0.3, -0.25) is 9.59 Å². The number of aromatic nitrogens is 2. The monoisotopic (exact) mass is 278 g/mol. The summed E-state index contributed by atoms with van der Waals surface area (Å²) in [6.45, 7) is 6.68. The largest absolute Gasteiger partial charge is 0.337 e. The third-order valence-corrected chi connectivity index (χ3v) is 3.51. The number of H-pyrrole nitrogens is 1. The van der Waals surface area contributed by atoms with E-state index in [-0.39, 0.29) is 11.5 Å². The first-order valence-corrected chi connectivity index (χ1v) is 7.13. The van der Waals surface area contributed by atoms with Crippen LogP contribution in [0.5, 0.6) is 0 Å². The second-order valence-electron chi connectivity index (χ2n) is 5.62. The maximum atomic E-state index is 12.3. The molecule has 0 aromatic carbocycles. The molecule has 1 fully saturated rings. The van der Waals surface area contributed by atoms with Gasteiger partial charge in [0.1, 0.15) is 5.69 Å². The Labute approximate surface area is 118 Å². The number of amides is 1. The van der Waals surface area contributed by atoms with Gasteiger partial charge in [-0.2, -0.15) is 0 Å². The van der Waals surface area contributed by atoms with Crippen molar-refractivity contribution in [3.8, 4) is 0 Å². The van der Waals surface area contributed by atoms with Gasteiger partial charge in [0.15, 0.2) is 0 Å². The van der Waals surface area contributed by atoms with Gasteiger partial charge in [-0.1, -0.05) is 13.8 Å². The van der Waals surface area contributed by atoms with E-state index >= 15 is 0 Å². The zero-order valence-corrected chi connectivity index (χ0v) is 12.1. The van der Waals surface area contributed by atoms with E-state index in [0.717, 1.165) is 38.7 Å². The molecule has 0 saturated carbocycles. The van der Waals surface area contributed by atoms with Crippen molar-refractivity contribution in [2.45, 2.75) is 32.7 Å². The highest BCUT2D eigenvalue weighted by atomic mass is 16.2. The molecule has 0 aliphatic carbocycles. The van der Waals surface area contributed by atoms with E-state index < -0.39 is 0 Å². The highest BCUT2D eigenvalue weighted by molar-refractivity contribution is 5.92. The number of carbonyl (C=O) groups is 1. The van der Waals surface area contributed by atoms with E-state index in [0.29, 0.717) is 17.7 Å². The summed E-state index contributed by atoms with van der Waals surface area (Å²) in [5.41, 5.74) is 0.0151. The minimum absolute atomic E-state index is 0.101. The van der Waals surface area contributed by atoms with Crippen LogP contribution in [-0.2, 0) is 0 Å². The SMILES string of the molecule is CC(C)NCC1CCCN(C(=O)c2c[nH]c(=O)cn2)C1. The standard InChI is InChI=1S/C14H22N4O2/c1-10(2)15-6-11-4-3-5-18(9-11)14(20)12-7-17-13(19)8-16-12/h7-8,10-11,15H,3-6,9H2,1-2H3,(H,17,19). The molecule has 6 heteroatoms. The molecule has 6 nitrogen and oxygen atoms in total. The van der Waals surface area contributed by atoms with Crippen LogP contribution in [0.2, 0.25) is 0 Å². The molecule has 1 aromatic heterocycles. The van der Waals surface area contributed by atoms with E-state index in [1.54, 1.807) is 0 Å². The van der Waals surface area contributed by atoms with E-state index in [9.17, 15) is 9.59 Å². The molecule has 1 aliphatic heterocycles. The topological polar surface area (TPSA) is 78.1 Å². The number of aromatic amines is 1. The van der Waals surface area contributed by atoms with Gasteiger partial charge in [0.25, 0.3) is 11.5 Å². The van der Waals surface area contributed by atoms with Crippen LogP contribution in [0.15, 0.2) is 17.2 Å². The molecule has 1 aliphatic rings. The highest BCUT2D eigenvalue weighted by Crippen LogP contribution is 2.17. The van der Waals surface area contributed by atoms with Gasteiger partial charge in [0.05, 0.1) is 6.20 Å². The molecule has 1 saturated heterocycles. The fraction of sp³-hybridized carbons (Fsp3) is 0.643. The van der Waals surface area contributed by atoms with Crippen LogP contribution in [0.3, 0.4) is 0 Å². The predicted octanol–water partition coefficient (Wildman–Crippen LogP) is 0.620. The molecule has 2 heterocycles. The zero-order chi connectivity index (χ0) is 14.5. The Kier molecular flexibility index (Phi) is 4.89. The lowest BCUT2D eigenvalue weighted by atomic mass is 9.97. The molecule has 0 radical (unpaired) electrons. The van der Waals surface area contributed by atoms with Crippen molar-refractivity contribution in [2.24, 2.45) is 5.92 Å². The minimum atomic E-state index is -0.292. The third-order valence-electron chi connectivity index (χ3n) is 3.51. The molecule has 0 spiro atoms. The molecule has 1 atom stereocenters. The van der Waals surface area contributed by atoms with Crippen molar-refractivity contribution < 1.29 is 4.79 Å². The fourth-order valence-corrected chi connectivity index (χ4v) is 2.44. The summed E-state index contributed by atoms with van der Waals surface area (Å²) in [7, 11) is 0. The summed E-state index contributed by atoms with van der Waals surface area (Å²) < 4.78 is 0. The average Bonchev–Trinajstić information content (AvgIpc) is 2.45. The lowest BCUT2D eigenvalue weighted by molar-refractivity contribution is 0.0665. The first-order chi connectivity index (χ1) is 9.56. The van der Waals surface area contributed by atoms with Crippen LogP contribution in [0.1, 0.15) is 37.2 Å². The van der Waals surface area contributed by atoms with Gasteiger partial charge in [-0.25, -0.2) is 4.98 Å². The van der Waals surface area contributed by atoms with Gasteiger partial charge in [0, 0.05) is 25.3 Å². The quantitative estimate of drug-likeness (QED) is 0.846. The molecule has 20 heavy (non-hydrogen) atoms. The molecule has 1 unspecified atom stereocenters. The van der Waals surface area contributed by atoms with Crippen LogP contribution in [0, 0.1) is 5.92 Å². The molecule has 2 rings (SSSR count). The number of rotatable bonds is 4. The maximum absolute atomic E-state index is 12.3. The summed E-state index contributed by atoms with van der Waals surface area (Å²) in [4.78, 5) is 31.5. The van der Waals surface area contributed by atoms with Gasteiger partial charge >= 0.3 is 0 Å². The summed E-state index contributed by atoms with van der Waals surface area (Å²) in [6, 6.07) is 0.460. The number of likely N-dealkylation sites (tertiary alicyclic amines) is 1. The Balaban J connectivity index is 1.96. The average molecular weight is 278 g/mol. The zero-order valence-electron chi connectivity index (χ0n) is 12.1. The highest BCUT2D eigenvalue weighted by Gasteiger charge is 2.25. The maximum Gasteiger partial charge on any atom is 0.273 e. The predicted molar refractivity (Wildman–Crippen MR) is 76.6 cm³/mol. The summed E-state index contributed by atoms with van der Waals surface area (Å²) in [6.07, 6.45) is 4.69. The van der Waals surface area contributed by atoms with Crippen LogP contribution in [0.25, 0.3) is 0 Å². The van der Waals surface area contributed by atoms with Crippen molar-refractivity contribution in [2.75, 3.05) is 19.6 Å². The summed E-state index contributed by atoms with van der Waals surface area (Å²) in [5, 5.41) is 3.42. The molecule has 1 aromatic rings. The van der Waals surface area contributed by atoms with Crippen molar-refractivity contribution in [1.82, 2.24) is 20.2 Å². The van der Waals surface area contributed by atoms with E-state index in [1.807, 2.05) is 4.90 Å². The number of piperidine rings is 1. The van der Waals surface area contributed by atoms with Gasteiger partial charge in [0.2, 0.25) is 0 Å². The molecule has 2 N–H and O–H groups in total. The molecular formula is C14H22N4O2. The smallest absolute Gasteiger partial charge is 0.273 e. The molecule has 0 bridgehead atoms. The second-order valence-corrected chi connectivity index (χ2v) is 5.62. The van der Waals surface area contributed by atoms with E-state index in [1.165, 1.54) is 6.20 Å². The van der Waals surface area contributed by atoms with Gasteiger partial charge < -0.3 is 15.2 Å². The summed E-state index contributed by atoms with van der Waals surface area (Å²) >= 11 is 0. The number of nitrogens with zero attached hydrogens (tertiary/aromatic N) is 2. The minimum Gasteiger partial charge on any atom is -0.337 e. The van der Waals surface area contributed by atoms with Crippen LogP contribution >= 0.6 is 0 Å². The Morgan fingerprint density at radius 2 is 2.40 bits per heavy atom. The molecular weight excluding hydrogens is 256 g/mol. The number of hydrogen-bond acceptors (Lipinski definition) is 4. The van der Waals surface area contributed by atoms with Crippen LogP contribution in [0.4, 0.5) is 0 Å². The van der Waals surface area contributed by atoms with Crippen molar-refractivity contribution in [3.05, 3.63) is 28.4 Å². The third kappa shape index (κ3) is 3.90. The number of carbonyl (C=O) groups excluding carboxylic acids is 1. The van der Waals surface area contributed by atoms with Gasteiger partial charge in [-0.05, 0) is 25.3 Å². The van der Waals surface area contributed by atoms with E-state index in [4.69, 9.17) is 0 Å². The fourth-order valence-electron chi connectivity index (χ4n) is 2.44. The van der Waals surface area contributed by atoms with Crippen LogP contribution in [-0.4, -0.2) is 46.5 Å². The Bertz CT molecular complexity index is 492. The lowest BCUT2D eigenvalue weighted by Crippen LogP contribution is -2.44. The Hall–Kier alpha value is -1.69. The van der Waals surface area contributed by atoms with Crippen LogP contribution < -0.4 is 10.9 Å². The first-order valence-electron chi connectivity index (χ1n) is 7.13. The Morgan fingerprint density at radius 1 is 1.60 bits per heavy atom. The normalized spacial score (nSPS) is 19.4. The number of nitrogens with one attached hydrogen (secondary N) is 2. The van der Waals surface area contributed by atoms with Crippen molar-refractivity contribution >= 4 is 5.91 Å².